The lowest BCUT2D eigenvalue weighted by molar-refractivity contribution is -0.112. The molecule has 2 unspecified atom stereocenters. The number of hydrogen-bond acceptors (Lipinski definition) is 3. The molecule has 0 saturated heterocycles. The fraction of sp³-hybridized carbons (Fsp3) is 0.706. The van der Waals surface area contributed by atoms with Gasteiger partial charge in [-0.2, -0.15) is 0 Å². The van der Waals surface area contributed by atoms with Crippen LogP contribution in [-0.2, 0) is 5.41 Å². The summed E-state index contributed by atoms with van der Waals surface area (Å²) in [6.07, 6.45) is 11.6. The van der Waals surface area contributed by atoms with Crippen molar-refractivity contribution in [1.29, 1.82) is 0 Å². The lowest BCUT2D eigenvalue weighted by atomic mass is 9.40. The van der Waals surface area contributed by atoms with Crippen LogP contribution in [0.1, 0.15) is 58.2 Å². The summed E-state index contributed by atoms with van der Waals surface area (Å²) in [5, 5.41) is 0. The minimum atomic E-state index is 0.254. The van der Waals surface area contributed by atoms with Crippen LogP contribution in [0.25, 0.3) is 11.2 Å². The molecule has 0 spiro atoms. The molecule has 4 fully saturated rings. The molecule has 0 aliphatic heterocycles. The van der Waals surface area contributed by atoms with Gasteiger partial charge in [0.15, 0.2) is 5.65 Å². The first kappa shape index (κ1) is 12.1. The van der Waals surface area contributed by atoms with Gasteiger partial charge >= 0.3 is 0 Å². The van der Waals surface area contributed by atoms with Crippen molar-refractivity contribution >= 4 is 11.2 Å². The van der Waals surface area contributed by atoms with Crippen LogP contribution >= 0.6 is 0 Å². The van der Waals surface area contributed by atoms with Crippen molar-refractivity contribution in [1.82, 2.24) is 19.9 Å². The summed E-state index contributed by atoms with van der Waals surface area (Å²) in [7, 11) is 0. The molecule has 2 aromatic heterocycles. The Morgan fingerprint density at radius 2 is 1.86 bits per heavy atom. The van der Waals surface area contributed by atoms with Crippen molar-refractivity contribution in [2.75, 3.05) is 0 Å². The maximum absolute atomic E-state index is 4.86. The van der Waals surface area contributed by atoms with Crippen LogP contribution in [0.15, 0.2) is 12.5 Å². The highest BCUT2D eigenvalue weighted by atomic mass is 15.0. The number of aromatic amines is 1. The van der Waals surface area contributed by atoms with Crippen LogP contribution in [0.2, 0.25) is 0 Å². The monoisotopic (exact) mass is 282 g/mol. The number of imidazole rings is 1. The zero-order valence-corrected chi connectivity index (χ0v) is 12.8. The molecule has 0 amide bonds. The summed E-state index contributed by atoms with van der Waals surface area (Å²) in [4.78, 5) is 16.8. The molecule has 4 heteroatoms. The highest BCUT2D eigenvalue weighted by Crippen LogP contribution is 2.69. The molecule has 4 aliphatic carbocycles. The second kappa shape index (κ2) is 3.47. The van der Waals surface area contributed by atoms with Crippen LogP contribution in [0.4, 0.5) is 0 Å². The summed E-state index contributed by atoms with van der Waals surface area (Å²) in [5.41, 5.74) is 3.09. The van der Waals surface area contributed by atoms with Crippen LogP contribution in [0.5, 0.6) is 0 Å². The molecule has 4 saturated carbocycles. The van der Waals surface area contributed by atoms with Crippen molar-refractivity contribution in [2.45, 2.75) is 57.8 Å². The van der Waals surface area contributed by atoms with Gasteiger partial charge in [-0.05, 0) is 55.3 Å². The third-order valence-corrected chi connectivity index (χ3v) is 6.29. The summed E-state index contributed by atoms with van der Waals surface area (Å²) >= 11 is 0. The number of nitrogens with zero attached hydrogens (tertiary/aromatic N) is 3. The molecular weight excluding hydrogens is 260 g/mol. The SMILES string of the molecule is CC12CC3CC(C)(C1)CC(c1nc4ncncc4[nH]1)(C3)C2. The molecular formula is C17H22N4. The highest BCUT2D eigenvalue weighted by molar-refractivity contribution is 5.69. The first-order valence-electron chi connectivity index (χ1n) is 8.14. The molecule has 6 rings (SSSR count). The quantitative estimate of drug-likeness (QED) is 0.869. The maximum atomic E-state index is 4.86. The van der Waals surface area contributed by atoms with E-state index in [2.05, 4.69) is 28.8 Å². The van der Waals surface area contributed by atoms with E-state index in [1.54, 1.807) is 6.33 Å². The molecule has 0 aromatic carbocycles. The Morgan fingerprint density at radius 3 is 2.52 bits per heavy atom. The van der Waals surface area contributed by atoms with E-state index >= 15 is 0 Å². The molecule has 4 bridgehead atoms. The average Bonchev–Trinajstić information content (AvgIpc) is 2.78. The van der Waals surface area contributed by atoms with E-state index in [0.29, 0.717) is 10.8 Å². The van der Waals surface area contributed by atoms with Gasteiger partial charge in [-0.25, -0.2) is 15.0 Å². The maximum Gasteiger partial charge on any atom is 0.180 e. The molecule has 2 atom stereocenters. The smallest absolute Gasteiger partial charge is 0.180 e. The first-order chi connectivity index (χ1) is 9.98. The average molecular weight is 282 g/mol. The predicted molar refractivity (Wildman–Crippen MR) is 80.8 cm³/mol. The van der Waals surface area contributed by atoms with Gasteiger partial charge in [-0.1, -0.05) is 13.8 Å². The molecule has 0 radical (unpaired) electrons. The molecule has 4 nitrogen and oxygen atoms in total. The molecule has 2 heterocycles. The van der Waals surface area contributed by atoms with Crippen molar-refractivity contribution in [3.63, 3.8) is 0 Å². The molecule has 1 N–H and O–H groups in total. The topological polar surface area (TPSA) is 54.5 Å². The lowest BCUT2D eigenvalue weighted by Crippen LogP contribution is -2.57. The van der Waals surface area contributed by atoms with E-state index in [1.165, 1.54) is 44.3 Å². The van der Waals surface area contributed by atoms with Gasteiger partial charge in [-0.15, -0.1) is 0 Å². The third-order valence-electron chi connectivity index (χ3n) is 6.29. The van der Waals surface area contributed by atoms with Crippen molar-refractivity contribution in [3.05, 3.63) is 18.3 Å². The number of rotatable bonds is 1. The van der Waals surface area contributed by atoms with E-state index in [1.807, 2.05) is 6.20 Å². The predicted octanol–water partition coefficient (Wildman–Crippen LogP) is 3.60. The van der Waals surface area contributed by atoms with E-state index < -0.39 is 0 Å². The Morgan fingerprint density at radius 1 is 1.10 bits per heavy atom. The summed E-state index contributed by atoms with van der Waals surface area (Å²) in [5.74, 6) is 2.06. The molecule has 2 aromatic rings. The largest absolute Gasteiger partial charge is 0.339 e. The summed E-state index contributed by atoms with van der Waals surface area (Å²) in [6.45, 7) is 5.01. The Bertz CT molecular complexity index is 682. The number of fused-ring (bicyclic) bond motifs is 1. The normalized spacial score (nSPS) is 44.6. The fourth-order valence-electron chi connectivity index (χ4n) is 6.72. The number of H-pyrrole nitrogens is 1. The van der Waals surface area contributed by atoms with Gasteiger partial charge in [0.25, 0.3) is 0 Å². The fourth-order valence-corrected chi connectivity index (χ4v) is 6.72. The van der Waals surface area contributed by atoms with Crippen LogP contribution < -0.4 is 0 Å². The highest BCUT2D eigenvalue weighted by Gasteiger charge is 2.61. The number of nitrogens with one attached hydrogen (secondary N) is 1. The van der Waals surface area contributed by atoms with Crippen molar-refractivity contribution < 1.29 is 0 Å². The Hall–Kier alpha value is -1.45. The molecule has 21 heavy (non-hydrogen) atoms. The second-order valence-electron chi connectivity index (χ2n) is 8.76. The van der Waals surface area contributed by atoms with Crippen LogP contribution in [-0.4, -0.2) is 19.9 Å². The number of aromatic nitrogens is 4. The standard InChI is InChI=1S/C17H22N4/c1-15-3-11-4-16(2,7-15)9-17(5-11,8-15)14-20-12-6-18-10-19-13(12)21-14/h6,10-11H,3-5,7-9H2,1-2H3,(H,18,19,20,21). The van der Waals surface area contributed by atoms with E-state index in [-0.39, 0.29) is 5.41 Å². The molecule has 4 aliphatic rings. The van der Waals surface area contributed by atoms with Gasteiger partial charge in [-0.3, -0.25) is 0 Å². The lowest BCUT2D eigenvalue weighted by Gasteiger charge is -2.64. The minimum Gasteiger partial charge on any atom is -0.339 e. The first-order valence-corrected chi connectivity index (χ1v) is 8.14. The van der Waals surface area contributed by atoms with Gasteiger partial charge < -0.3 is 4.98 Å². The zero-order chi connectivity index (χ0) is 14.3. The summed E-state index contributed by atoms with van der Waals surface area (Å²) in [6, 6.07) is 0. The van der Waals surface area contributed by atoms with Gasteiger partial charge in [0.05, 0.1) is 6.20 Å². The van der Waals surface area contributed by atoms with Gasteiger partial charge in [0.1, 0.15) is 17.7 Å². The Labute approximate surface area is 124 Å². The third kappa shape index (κ3) is 1.59. The number of hydrogen-bond donors (Lipinski definition) is 1. The Balaban J connectivity index is 1.67. The van der Waals surface area contributed by atoms with Crippen LogP contribution in [0, 0.1) is 16.7 Å². The molecule has 110 valence electrons. The minimum absolute atomic E-state index is 0.254. The van der Waals surface area contributed by atoms with E-state index in [0.717, 1.165) is 17.1 Å². The van der Waals surface area contributed by atoms with Crippen molar-refractivity contribution in [3.8, 4) is 0 Å². The van der Waals surface area contributed by atoms with Gasteiger partial charge in [0.2, 0.25) is 0 Å². The van der Waals surface area contributed by atoms with E-state index in [4.69, 9.17) is 4.98 Å². The van der Waals surface area contributed by atoms with E-state index in [9.17, 15) is 0 Å². The van der Waals surface area contributed by atoms with Gasteiger partial charge in [0, 0.05) is 5.41 Å². The zero-order valence-electron chi connectivity index (χ0n) is 12.8. The van der Waals surface area contributed by atoms with Crippen molar-refractivity contribution in [2.24, 2.45) is 16.7 Å². The second-order valence-corrected chi connectivity index (χ2v) is 8.76. The Kier molecular flexibility index (Phi) is 2.01. The summed E-state index contributed by atoms with van der Waals surface area (Å²) < 4.78 is 0. The van der Waals surface area contributed by atoms with Crippen LogP contribution in [0.3, 0.4) is 0 Å².